The van der Waals surface area contributed by atoms with Gasteiger partial charge in [-0.3, -0.25) is 9.10 Å². The maximum Gasteiger partial charge on any atom is 0.339 e. The fraction of sp³-hybridized carbons (Fsp3) is 0.130. The molecule has 0 aliphatic heterocycles. The maximum atomic E-state index is 13.0. The zero-order chi connectivity index (χ0) is 23.3. The molecule has 0 aromatic heterocycles. The van der Waals surface area contributed by atoms with Crippen LogP contribution in [0.15, 0.2) is 83.8 Å². The molecule has 0 radical (unpaired) electrons. The second-order valence-corrected chi connectivity index (χ2v) is 8.74. The number of para-hydroxylation sites is 2. The lowest BCUT2D eigenvalue weighted by Gasteiger charge is -2.21. The molecule has 3 aromatic carbocycles. The molecule has 2 N–H and O–H groups in total. The summed E-state index contributed by atoms with van der Waals surface area (Å²) < 4.78 is 37.7. The summed E-state index contributed by atoms with van der Waals surface area (Å²) >= 11 is 0. The van der Waals surface area contributed by atoms with Gasteiger partial charge in [0.2, 0.25) is 6.10 Å². The van der Waals surface area contributed by atoms with Gasteiger partial charge in [0.25, 0.3) is 15.9 Å². The standard InChI is InChI=1S/C23H22N2O6S/c1-25(19-10-6-7-11-20(19)30-2)32(28,29)18-14-12-17(13-15-18)23(27)31-21(22(24)26)16-8-4-3-5-9-16/h3-15,21H,1-2H3,(H2,24,26). The van der Waals surface area contributed by atoms with Gasteiger partial charge in [0, 0.05) is 12.6 Å². The van der Waals surface area contributed by atoms with E-state index in [2.05, 4.69) is 0 Å². The number of anilines is 1. The predicted octanol–water partition coefficient (Wildman–Crippen LogP) is 2.90. The third-order valence-corrected chi connectivity index (χ3v) is 6.54. The van der Waals surface area contributed by atoms with E-state index in [1.54, 1.807) is 54.6 Å². The molecule has 0 aliphatic rings. The van der Waals surface area contributed by atoms with Gasteiger partial charge in [-0.2, -0.15) is 0 Å². The van der Waals surface area contributed by atoms with Crippen LogP contribution in [0, 0.1) is 0 Å². The number of hydrogen-bond donors (Lipinski definition) is 1. The van der Waals surface area contributed by atoms with E-state index in [0.29, 0.717) is 17.0 Å². The minimum absolute atomic E-state index is 0.0306. The summed E-state index contributed by atoms with van der Waals surface area (Å²) in [6.07, 6.45) is -1.26. The molecule has 0 spiro atoms. The van der Waals surface area contributed by atoms with Crippen molar-refractivity contribution in [1.82, 2.24) is 0 Å². The molecule has 166 valence electrons. The number of carbonyl (C=O) groups is 2. The average Bonchev–Trinajstić information content (AvgIpc) is 2.82. The van der Waals surface area contributed by atoms with Crippen LogP contribution in [0.4, 0.5) is 5.69 Å². The minimum Gasteiger partial charge on any atom is -0.495 e. The van der Waals surface area contributed by atoms with E-state index in [-0.39, 0.29) is 10.5 Å². The molecule has 0 aliphatic carbocycles. The van der Waals surface area contributed by atoms with Crippen molar-refractivity contribution in [2.75, 3.05) is 18.5 Å². The van der Waals surface area contributed by atoms with Gasteiger partial charge >= 0.3 is 5.97 Å². The normalized spacial score (nSPS) is 11.9. The summed E-state index contributed by atoms with van der Waals surface area (Å²) in [5.41, 5.74) is 6.25. The molecule has 8 nitrogen and oxygen atoms in total. The van der Waals surface area contributed by atoms with Crippen LogP contribution in [-0.4, -0.2) is 34.5 Å². The number of amides is 1. The number of nitrogens with zero attached hydrogens (tertiary/aromatic N) is 1. The van der Waals surface area contributed by atoms with Gasteiger partial charge in [-0.25, -0.2) is 13.2 Å². The molecule has 0 bridgehead atoms. The topological polar surface area (TPSA) is 116 Å². The molecule has 1 amide bonds. The van der Waals surface area contributed by atoms with Crippen molar-refractivity contribution in [2.24, 2.45) is 5.73 Å². The lowest BCUT2D eigenvalue weighted by atomic mass is 10.1. The Morgan fingerprint density at radius 2 is 1.50 bits per heavy atom. The molecule has 0 fully saturated rings. The van der Waals surface area contributed by atoms with Crippen molar-refractivity contribution < 1.29 is 27.5 Å². The van der Waals surface area contributed by atoms with E-state index < -0.39 is 28.0 Å². The molecule has 3 aromatic rings. The molecule has 0 heterocycles. The summed E-state index contributed by atoms with van der Waals surface area (Å²) in [6.45, 7) is 0. The van der Waals surface area contributed by atoms with Crippen molar-refractivity contribution in [2.45, 2.75) is 11.0 Å². The van der Waals surface area contributed by atoms with E-state index in [4.69, 9.17) is 15.2 Å². The van der Waals surface area contributed by atoms with E-state index in [1.807, 2.05) is 0 Å². The third-order valence-electron chi connectivity index (χ3n) is 4.76. The first-order chi connectivity index (χ1) is 15.3. The Morgan fingerprint density at radius 1 is 0.906 bits per heavy atom. The Labute approximate surface area is 186 Å². The average molecular weight is 455 g/mol. The molecule has 0 saturated carbocycles. The van der Waals surface area contributed by atoms with Crippen molar-refractivity contribution in [1.29, 1.82) is 0 Å². The number of nitrogens with two attached hydrogens (primary N) is 1. The lowest BCUT2D eigenvalue weighted by molar-refractivity contribution is -0.127. The van der Waals surface area contributed by atoms with Crippen LogP contribution >= 0.6 is 0 Å². The third kappa shape index (κ3) is 4.73. The number of esters is 1. The number of hydrogen-bond acceptors (Lipinski definition) is 6. The second-order valence-electron chi connectivity index (χ2n) is 6.77. The summed E-state index contributed by atoms with van der Waals surface area (Å²) in [5.74, 6) is -1.22. The Kier molecular flexibility index (Phi) is 6.79. The molecule has 1 unspecified atom stereocenters. The quantitative estimate of drug-likeness (QED) is 0.523. The highest BCUT2D eigenvalue weighted by Crippen LogP contribution is 2.31. The summed E-state index contributed by atoms with van der Waals surface area (Å²) in [7, 11) is -1.06. The Balaban J connectivity index is 1.82. The fourth-order valence-corrected chi connectivity index (χ4v) is 4.24. The van der Waals surface area contributed by atoms with E-state index in [1.165, 1.54) is 38.4 Å². The van der Waals surface area contributed by atoms with Gasteiger partial charge in [-0.1, -0.05) is 42.5 Å². The summed E-state index contributed by atoms with van der Waals surface area (Å²) in [5, 5.41) is 0. The predicted molar refractivity (Wildman–Crippen MR) is 119 cm³/mol. The summed E-state index contributed by atoms with van der Waals surface area (Å²) in [6, 6.07) is 20.3. The van der Waals surface area contributed by atoms with Crippen LogP contribution in [0.1, 0.15) is 22.0 Å². The van der Waals surface area contributed by atoms with Crippen molar-refractivity contribution in [3.05, 3.63) is 90.0 Å². The first-order valence-corrected chi connectivity index (χ1v) is 11.0. The molecule has 9 heteroatoms. The van der Waals surface area contributed by atoms with Gasteiger partial charge in [0.15, 0.2) is 0 Å². The smallest absolute Gasteiger partial charge is 0.339 e. The lowest BCUT2D eigenvalue weighted by Crippen LogP contribution is -2.27. The van der Waals surface area contributed by atoms with Gasteiger partial charge < -0.3 is 15.2 Å². The van der Waals surface area contributed by atoms with E-state index >= 15 is 0 Å². The highest BCUT2D eigenvalue weighted by Gasteiger charge is 2.26. The molecular weight excluding hydrogens is 432 g/mol. The Hall–Kier alpha value is -3.85. The Morgan fingerprint density at radius 3 is 2.09 bits per heavy atom. The number of primary amides is 1. The van der Waals surface area contributed by atoms with Crippen molar-refractivity contribution in [3.8, 4) is 5.75 Å². The second kappa shape index (κ2) is 9.52. The largest absolute Gasteiger partial charge is 0.495 e. The zero-order valence-electron chi connectivity index (χ0n) is 17.5. The Bertz CT molecular complexity index is 1210. The van der Waals surface area contributed by atoms with Gasteiger partial charge in [-0.15, -0.1) is 0 Å². The van der Waals surface area contributed by atoms with Crippen molar-refractivity contribution in [3.63, 3.8) is 0 Å². The van der Waals surface area contributed by atoms with Gasteiger partial charge in [-0.05, 0) is 36.4 Å². The maximum absolute atomic E-state index is 13.0. The molecule has 32 heavy (non-hydrogen) atoms. The number of sulfonamides is 1. The molecule has 3 rings (SSSR count). The van der Waals surface area contributed by atoms with Crippen LogP contribution in [-0.2, 0) is 19.6 Å². The van der Waals surface area contributed by atoms with Crippen LogP contribution in [0.2, 0.25) is 0 Å². The first-order valence-electron chi connectivity index (χ1n) is 9.53. The minimum atomic E-state index is -3.92. The monoisotopic (exact) mass is 454 g/mol. The van der Waals surface area contributed by atoms with E-state index in [9.17, 15) is 18.0 Å². The van der Waals surface area contributed by atoms with Gasteiger partial charge in [0.05, 0.1) is 23.3 Å². The number of benzene rings is 3. The molecule has 0 saturated heterocycles. The van der Waals surface area contributed by atoms with Crippen molar-refractivity contribution >= 4 is 27.6 Å². The molecule has 1 atom stereocenters. The summed E-state index contributed by atoms with van der Waals surface area (Å²) in [4.78, 5) is 24.3. The van der Waals surface area contributed by atoms with Crippen LogP contribution in [0.3, 0.4) is 0 Å². The SMILES string of the molecule is COc1ccccc1N(C)S(=O)(=O)c1ccc(C(=O)OC(C(N)=O)c2ccccc2)cc1. The first kappa shape index (κ1) is 22.8. The molecular formula is C23H22N2O6S. The highest BCUT2D eigenvalue weighted by molar-refractivity contribution is 7.92. The number of ether oxygens (including phenoxy) is 2. The highest BCUT2D eigenvalue weighted by atomic mass is 32.2. The zero-order valence-corrected chi connectivity index (χ0v) is 18.3. The van der Waals surface area contributed by atoms with Crippen LogP contribution in [0.5, 0.6) is 5.75 Å². The van der Waals surface area contributed by atoms with E-state index in [0.717, 1.165) is 4.31 Å². The van der Waals surface area contributed by atoms with Crippen LogP contribution in [0.25, 0.3) is 0 Å². The fourth-order valence-electron chi connectivity index (χ4n) is 3.03. The van der Waals surface area contributed by atoms with Gasteiger partial charge in [0.1, 0.15) is 5.75 Å². The van der Waals surface area contributed by atoms with Crippen LogP contribution < -0.4 is 14.8 Å². The number of carbonyl (C=O) groups excluding carboxylic acids is 2. The number of methoxy groups -OCH3 is 1. The number of rotatable bonds is 8.